The summed E-state index contributed by atoms with van der Waals surface area (Å²) >= 11 is 2.27. The molecular weight excluding hydrogens is 381 g/mol. The van der Waals surface area contributed by atoms with Gasteiger partial charge in [-0.25, -0.2) is 0 Å². The lowest BCUT2D eigenvalue weighted by Crippen LogP contribution is -2.09. The number of anilines is 3. The SMILES string of the molecule is CCCNc1nc(Nc2ccc(I)cc2)nc(OCC)n1. The molecule has 21 heavy (non-hydrogen) atoms. The smallest absolute Gasteiger partial charge is 0.323 e. The lowest BCUT2D eigenvalue weighted by molar-refractivity contribution is 0.312. The number of aromatic nitrogens is 3. The molecule has 1 aromatic carbocycles. The van der Waals surface area contributed by atoms with Crippen LogP contribution in [0.4, 0.5) is 17.6 Å². The van der Waals surface area contributed by atoms with Crippen LogP contribution in [0.1, 0.15) is 20.3 Å². The zero-order valence-corrected chi connectivity index (χ0v) is 14.2. The number of nitrogens with one attached hydrogen (secondary N) is 2. The van der Waals surface area contributed by atoms with Gasteiger partial charge in [-0.1, -0.05) is 6.92 Å². The Morgan fingerprint density at radius 3 is 2.43 bits per heavy atom. The molecule has 0 aliphatic carbocycles. The molecule has 0 aliphatic heterocycles. The molecule has 0 unspecified atom stereocenters. The molecule has 2 N–H and O–H groups in total. The fourth-order valence-corrected chi connectivity index (χ4v) is 1.94. The Morgan fingerprint density at radius 2 is 1.76 bits per heavy atom. The number of hydrogen-bond acceptors (Lipinski definition) is 6. The summed E-state index contributed by atoms with van der Waals surface area (Å²) in [5, 5.41) is 6.31. The topological polar surface area (TPSA) is 72.0 Å². The summed E-state index contributed by atoms with van der Waals surface area (Å²) in [6.45, 7) is 5.30. The molecule has 0 saturated heterocycles. The van der Waals surface area contributed by atoms with E-state index >= 15 is 0 Å². The van der Waals surface area contributed by atoms with Gasteiger partial charge in [-0.3, -0.25) is 0 Å². The summed E-state index contributed by atoms with van der Waals surface area (Å²) < 4.78 is 6.56. The number of rotatable bonds is 7. The Bertz CT molecular complexity index is 576. The van der Waals surface area contributed by atoms with Crippen molar-refractivity contribution in [3.05, 3.63) is 27.8 Å². The van der Waals surface area contributed by atoms with Gasteiger partial charge in [0.2, 0.25) is 11.9 Å². The highest BCUT2D eigenvalue weighted by Crippen LogP contribution is 2.18. The summed E-state index contributed by atoms with van der Waals surface area (Å²) in [5.41, 5.74) is 0.922. The predicted octanol–water partition coefficient (Wildman–Crippen LogP) is 3.44. The standard InChI is InChI=1S/C14H18IN5O/c1-3-9-16-12-18-13(20-14(19-12)21-4-2)17-11-7-5-10(15)6-8-11/h5-8H,3-4,9H2,1-2H3,(H2,16,17,18,19,20). The fraction of sp³-hybridized carbons (Fsp3) is 0.357. The van der Waals surface area contributed by atoms with E-state index in [1.165, 1.54) is 3.57 Å². The Kier molecular flexibility index (Phi) is 5.97. The first-order valence-electron chi connectivity index (χ1n) is 6.86. The van der Waals surface area contributed by atoms with E-state index < -0.39 is 0 Å². The molecule has 0 atom stereocenters. The Hall–Kier alpha value is -1.64. The van der Waals surface area contributed by atoms with Crippen molar-refractivity contribution < 1.29 is 4.74 Å². The van der Waals surface area contributed by atoms with Gasteiger partial charge in [0.1, 0.15) is 0 Å². The third kappa shape index (κ3) is 5.00. The normalized spacial score (nSPS) is 10.2. The average molecular weight is 399 g/mol. The lowest BCUT2D eigenvalue weighted by atomic mass is 10.3. The van der Waals surface area contributed by atoms with Gasteiger partial charge in [-0.15, -0.1) is 0 Å². The summed E-state index contributed by atoms with van der Waals surface area (Å²) in [6.07, 6.45) is 0.996. The molecule has 7 heteroatoms. The number of nitrogens with zero attached hydrogens (tertiary/aromatic N) is 3. The third-order valence-electron chi connectivity index (χ3n) is 2.52. The summed E-state index contributed by atoms with van der Waals surface area (Å²) in [5.74, 6) is 0.983. The van der Waals surface area contributed by atoms with Gasteiger partial charge >= 0.3 is 6.01 Å². The molecule has 1 heterocycles. The molecule has 112 valence electrons. The van der Waals surface area contributed by atoms with E-state index in [2.05, 4.69) is 55.1 Å². The van der Waals surface area contributed by atoms with Crippen LogP contribution in [0.25, 0.3) is 0 Å². The van der Waals surface area contributed by atoms with E-state index in [4.69, 9.17) is 4.74 Å². The Balaban J connectivity index is 2.19. The maximum Gasteiger partial charge on any atom is 0.323 e. The van der Waals surface area contributed by atoms with Crippen LogP contribution in [0.2, 0.25) is 0 Å². The summed E-state index contributed by atoms with van der Waals surface area (Å²) in [7, 11) is 0. The summed E-state index contributed by atoms with van der Waals surface area (Å²) in [4.78, 5) is 12.8. The first kappa shape index (κ1) is 15.7. The van der Waals surface area contributed by atoms with Crippen LogP contribution in [0.15, 0.2) is 24.3 Å². The van der Waals surface area contributed by atoms with E-state index in [-0.39, 0.29) is 0 Å². The third-order valence-corrected chi connectivity index (χ3v) is 3.24. The van der Waals surface area contributed by atoms with Crippen molar-refractivity contribution in [2.45, 2.75) is 20.3 Å². The van der Waals surface area contributed by atoms with Crippen LogP contribution in [-0.4, -0.2) is 28.1 Å². The fourth-order valence-electron chi connectivity index (χ4n) is 1.58. The number of benzene rings is 1. The van der Waals surface area contributed by atoms with Gasteiger partial charge in [0, 0.05) is 15.8 Å². The predicted molar refractivity (Wildman–Crippen MR) is 92.2 cm³/mol. The van der Waals surface area contributed by atoms with Crippen LogP contribution in [0, 0.1) is 3.57 Å². The van der Waals surface area contributed by atoms with Crippen molar-refractivity contribution >= 4 is 40.2 Å². The maximum atomic E-state index is 5.38. The van der Waals surface area contributed by atoms with Gasteiger partial charge in [0.25, 0.3) is 0 Å². The first-order chi connectivity index (χ1) is 10.2. The Morgan fingerprint density at radius 1 is 1.05 bits per heavy atom. The van der Waals surface area contributed by atoms with E-state index in [0.29, 0.717) is 24.5 Å². The second-order valence-corrected chi connectivity index (χ2v) is 5.50. The molecule has 0 saturated carbocycles. The highest BCUT2D eigenvalue weighted by atomic mass is 127. The molecule has 0 amide bonds. The lowest BCUT2D eigenvalue weighted by Gasteiger charge is -2.09. The van der Waals surface area contributed by atoms with Gasteiger partial charge in [0.15, 0.2) is 0 Å². The zero-order chi connectivity index (χ0) is 15.1. The van der Waals surface area contributed by atoms with E-state index in [1.807, 2.05) is 31.2 Å². The second-order valence-electron chi connectivity index (χ2n) is 4.26. The highest BCUT2D eigenvalue weighted by Gasteiger charge is 2.07. The van der Waals surface area contributed by atoms with Crippen molar-refractivity contribution in [2.24, 2.45) is 0 Å². The van der Waals surface area contributed by atoms with Crippen molar-refractivity contribution in [1.82, 2.24) is 15.0 Å². The van der Waals surface area contributed by atoms with Crippen LogP contribution in [0.3, 0.4) is 0 Å². The van der Waals surface area contributed by atoms with Crippen LogP contribution >= 0.6 is 22.6 Å². The van der Waals surface area contributed by atoms with Gasteiger partial charge in [-0.05, 0) is 60.2 Å². The molecular formula is C14H18IN5O. The minimum absolute atomic E-state index is 0.319. The average Bonchev–Trinajstić information content (AvgIpc) is 2.48. The van der Waals surface area contributed by atoms with Crippen LogP contribution in [0.5, 0.6) is 6.01 Å². The number of halogens is 1. The molecule has 6 nitrogen and oxygen atoms in total. The van der Waals surface area contributed by atoms with E-state index in [1.54, 1.807) is 0 Å². The molecule has 2 aromatic rings. The molecule has 0 fully saturated rings. The second kappa shape index (κ2) is 7.96. The van der Waals surface area contributed by atoms with Crippen molar-refractivity contribution in [1.29, 1.82) is 0 Å². The van der Waals surface area contributed by atoms with Crippen molar-refractivity contribution in [3.8, 4) is 6.01 Å². The first-order valence-corrected chi connectivity index (χ1v) is 7.94. The quantitative estimate of drug-likeness (QED) is 0.696. The number of hydrogen-bond donors (Lipinski definition) is 2. The molecule has 0 radical (unpaired) electrons. The zero-order valence-electron chi connectivity index (χ0n) is 12.1. The maximum absolute atomic E-state index is 5.38. The van der Waals surface area contributed by atoms with Crippen LogP contribution in [-0.2, 0) is 0 Å². The molecule has 0 spiro atoms. The summed E-state index contributed by atoms with van der Waals surface area (Å²) in [6, 6.07) is 8.31. The largest absolute Gasteiger partial charge is 0.464 e. The monoisotopic (exact) mass is 399 g/mol. The number of ether oxygens (including phenoxy) is 1. The van der Waals surface area contributed by atoms with Crippen LogP contribution < -0.4 is 15.4 Å². The Labute approximate surface area is 137 Å². The molecule has 2 rings (SSSR count). The molecule has 1 aromatic heterocycles. The minimum Gasteiger partial charge on any atom is -0.464 e. The van der Waals surface area contributed by atoms with Gasteiger partial charge in [-0.2, -0.15) is 15.0 Å². The molecule has 0 aliphatic rings. The van der Waals surface area contributed by atoms with Crippen molar-refractivity contribution in [2.75, 3.05) is 23.8 Å². The van der Waals surface area contributed by atoms with Crippen molar-refractivity contribution in [3.63, 3.8) is 0 Å². The highest BCUT2D eigenvalue weighted by molar-refractivity contribution is 14.1. The van der Waals surface area contributed by atoms with Gasteiger partial charge < -0.3 is 15.4 Å². The minimum atomic E-state index is 0.319. The molecule has 0 bridgehead atoms. The van der Waals surface area contributed by atoms with E-state index in [0.717, 1.165) is 18.7 Å². The van der Waals surface area contributed by atoms with E-state index in [9.17, 15) is 0 Å². The van der Waals surface area contributed by atoms with Gasteiger partial charge in [0.05, 0.1) is 6.61 Å².